The number of hydrogen-bond acceptors (Lipinski definition) is 5. The van der Waals surface area contributed by atoms with Crippen molar-refractivity contribution in [2.24, 2.45) is 0 Å². The predicted octanol–water partition coefficient (Wildman–Crippen LogP) is 1.33. The van der Waals surface area contributed by atoms with Crippen molar-refractivity contribution < 1.29 is 23.9 Å². The van der Waals surface area contributed by atoms with E-state index in [1.54, 1.807) is 12.1 Å². The van der Waals surface area contributed by atoms with Gasteiger partial charge < -0.3 is 19.7 Å². The number of rotatable bonds is 5. The van der Waals surface area contributed by atoms with Crippen molar-refractivity contribution >= 4 is 17.6 Å². The van der Waals surface area contributed by atoms with Crippen molar-refractivity contribution in [3.8, 4) is 11.5 Å². The topological polar surface area (TPSA) is 84.9 Å². The monoisotopic (exact) mass is 360 g/mol. The molecule has 2 saturated heterocycles. The van der Waals surface area contributed by atoms with Gasteiger partial charge in [0.15, 0.2) is 17.3 Å². The number of ketones is 1. The Hall–Kier alpha value is -2.57. The number of nitrogens with zero attached hydrogens (tertiary/aromatic N) is 1. The number of benzene rings is 1. The van der Waals surface area contributed by atoms with Gasteiger partial charge in [0.05, 0.1) is 20.6 Å². The molecule has 1 aromatic carbocycles. The van der Waals surface area contributed by atoms with Crippen LogP contribution in [0.4, 0.5) is 0 Å². The highest BCUT2D eigenvalue weighted by Gasteiger charge is 2.40. The van der Waals surface area contributed by atoms with E-state index in [1.165, 1.54) is 21.1 Å². The maximum absolute atomic E-state index is 13.0. The van der Waals surface area contributed by atoms with Crippen molar-refractivity contribution in [3.05, 3.63) is 23.3 Å². The number of carbonyl (C=O) groups excluding carboxylic acids is 3. The average molecular weight is 360 g/mol. The van der Waals surface area contributed by atoms with Crippen LogP contribution in [0.1, 0.15) is 42.1 Å². The number of ether oxygens (including phenoxy) is 2. The normalized spacial score (nSPS) is 21.8. The molecule has 0 radical (unpaired) electrons. The minimum absolute atomic E-state index is 0.00876. The molecule has 0 aromatic heterocycles. The van der Waals surface area contributed by atoms with Gasteiger partial charge in [0, 0.05) is 30.6 Å². The molecule has 1 N–H and O–H groups in total. The van der Waals surface area contributed by atoms with E-state index in [-0.39, 0.29) is 36.1 Å². The molecular weight excluding hydrogens is 336 g/mol. The highest BCUT2D eigenvalue weighted by atomic mass is 16.5. The molecule has 0 spiro atoms. The summed E-state index contributed by atoms with van der Waals surface area (Å²) in [6.07, 6.45) is 2.17. The van der Waals surface area contributed by atoms with E-state index < -0.39 is 0 Å². The largest absolute Gasteiger partial charge is 0.493 e. The highest BCUT2D eigenvalue weighted by Crippen LogP contribution is 2.33. The van der Waals surface area contributed by atoms with Gasteiger partial charge in [-0.25, -0.2) is 0 Å². The summed E-state index contributed by atoms with van der Waals surface area (Å²) in [5.74, 6) is 0.730. The second-order valence-electron chi connectivity index (χ2n) is 6.79. The third-order valence-electron chi connectivity index (χ3n) is 5.19. The first kappa shape index (κ1) is 18.2. The van der Waals surface area contributed by atoms with Gasteiger partial charge in [-0.2, -0.15) is 0 Å². The van der Waals surface area contributed by atoms with Crippen molar-refractivity contribution in [3.63, 3.8) is 0 Å². The van der Waals surface area contributed by atoms with Gasteiger partial charge in [0.25, 0.3) is 0 Å². The number of amides is 2. The first-order valence-corrected chi connectivity index (χ1v) is 8.78. The van der Waals surface area contributed by atoms with Crippen LogP contribution in [-0.2, 0) is 16.0 Å². The Labute approximate surface area is 152 Å². The fraction of sp³-hybridized carbons (Fsp3) is 0.526. The molecule has 7 nitrogen and oxygen atoms in total. The standard InChI is InChI=1S/C19H24N2O5/c1-11(22)15-9-17(26-3)16(25-2)6-12(15)7-19(24)21-13-4-5-14(21)10-20-18(23)8-13/h6,9,13-14H,4-5,7-8,10H2,1-3H3,(H,20,23)/t13-,14+/m1/s1. The van der Waals surface area contributed by atoms with Crippen LogP contribution in [-0.4, -0.2) is 55.3 Å². The predicted molar refractivity (Wildman–Crippen MR) is 94.5 cm³/mol. The summed E-state index contributed by atoms with van der Waals surface area (Å²) in [5.41, 5.74) is 1.07. The van der Waals surface area contributed by atoms with Crippen LogP contribution in [0.15, 0.2) is 12.1 Å². The van der Waals surface area contributed by atoms with Gasteiger partial charge in [0.1, 0.15) is 0 Å². The molecule has 7 heteroatoms. The second kappa shape index (κ2) is 7.35. The molecule has 2 heterocycles. The van der Waals surface area contributed by atoms with E-state index in [0.717, 1.165) is 12.8 Å². The minimum atomic E-state index is -0.135. The third-order valence-corrected chi connectivity index (χ3v) is 5.19. The Bertz CT molecular complexity index is 746. The summed E-state index contributed by atoms with van der Waals surface area (Å²) < 4.78 is 10.6. The molecule has 140 valence electrons. The molecule has 2 fully saturated rings. The lowest BCUT2D eigenvalue weighted by Crippen LogP contribution is -2.43. The number of Topliss-reactive ketones (excluding diaryl/α,β-unsaturated/α-hetero) is 1. The molecule has 2 aliphatic heterocycles. The van der Waals surface area contributed by atoms with Gasteiger partial charge in [-0.3, -0.25) is 14.4 Å². The smallest absolute Gasteiger partial charge is 0.227 e. The van der Waals surface area contributed by atoms with Gasteiger partial charge in [-0.15, -0.1) is 0 Å². The Morgan fingerprint density at radius 2 is 1.81 bits per heavy atom. The van der Waals surface area contributed by atoms with Crippen LogP contribution in [0.3, 0.4) is 0 Å². The molecule has 1 aromatic rings. The fourth-order valence-corrected chi connectivity index (χ4v) is 3.94. The number of carbonyl (C=O) groups is 3. The lowest BCUT2D eigenvalue weighted by molar-refractivity contribution is -0.133. The molecule has 2 bridgehead atoms. The summed E-state index contributed by atoms with van der Waals surface area (Å²) in [5, 5.41) is 2.86. The minimum Gasteiger partial charge on any atom is -0.493 e. The van der Waals surface area contributed by atoms with Gasteiger partial charge in [-0.1, -0.05) is 0 Å². The Morgan fingerprint density at radius 3 is 2.46 bits per heavy atom. The van der Waals surface area contributed by atoms with Crippen molar-refractivity contribution in [2.75, 3.05) is 20.8 Å². The Kier molecular flexibility index (Phi) is 5.15. The zero-order chi connectivity index (χ0) is 18.8. The number of fused-ring (bicyclic) bond motifs is 2. The van der Waals surface area contributed by atoms with E-state index in [4.69, 9.17) is 9.47 Å². The van der Waals surface area contributed by atoms with Crippen LogP contribution >= 0.6 is 0 Å². The fourth-order valence-electron chi connectivity index (χ4n) is 3.94. The number of nitrogens with one attached hydrogen (secondary N) is 1. The van der Waals surface area contributed by atoms with E-state index in [0.29, 0.717) is 35.6 Å². The molecule has 2 amide bonds. The second-order valence-corrected chi connectivity index (χ2v) is 6.79. The number of methoxy groups -OCH3 is 2. The van der Waals surface area contributed by atoms with Crippen LogP contribution in [0.5, 0.6) is 11.5 Å². The van der Waals surface area contributed by atoms with E-state index in [2.05, 4.69) is 5.32 Å². The molecule has 0 unspecified atom stereocenters. The van der Waals surface area contributed by atoms with Crippen LogP contribution in [0.25, 0.3) is 0 Å². The van der Waals surface area contributed by atoms with E-state index in [1.807, 2.05) is 4.90 Å². The summed E-state index contributed by atoms with van der Waals surface area (Å²) >= 11 is 0. The van der Waals surface area contributed by atoms with Crippen molar-refractivity contribution in [1.29, 1.82) is 0 Å². The molecule has 2 aliphatic rings. The molecule has 0 aliphatic carbocycles. The maximum atomic E-state index is 13.0. The lowest BCUT2D eigenvalue weighted by Gasteiger charge is -2.28. The Balaban J connectivity index is 1.89. The first-order valence-electron chi connectivity index (χ1n) is 8.78. The SMILES string of the molecule is COc1cc(CC(=O)N2[C@@H]3CC[C@H]2CNC(=O)C3)c(C(C)=O)cc1OC. The summed E-state index contributed by atoms with van der Waals surface area (Å²) in [6, 6.07) is 3.28. The molecular formula is C19H24N2O5. The zero-order valence-corrected chi connectivity index (χ0v) is 15.3. The maximum Gasteiger partial charge on any atom is 0.227 e. The molecule has 26 heavy (non-hydrogen) atoms. The zero-order valence-electron chi connectivity index (χ0n) is 15.3. The van der Waals surface area contributed by atoms with Crippen LogP contribution < -0.4 is 14.8 Å². The summed E-state index contributed by atoms with van der Waals surface area (Å²) in [6.45, 7) is 1.96. The first-order chi connectivity index (χ1) is 12.4. The third kappa shape index (κ3) is 3.38. The quantitative estimate of drug-likeness (QED) is 0.801. The highest BCUT2D eigenvalue weighted by molar-refractivity contribution is 5.98. The van der Waals surface area contributed by atoms with Gasteiger partial charge in [-0.05, 0) is 37.5 Å². The molecule has 2 atom stereocenters. The van der Waals surface area contributed by atoms with Crippen molar-refractivity contribution in [2.45, 2.75) is 44.7 Å². The van der Waals surface area contributed by atoms with Crippen LogP contribution in [0.2, 0.25) is 0 Å². The molecule has 3 rings (SSSR count). The number of hydrogen-bond donors (Lipinski definition) is 1. The van der Waals surface area contributed by atoms with Crippen LogP contribution in [0, 0.1) is 0 Å². The van der Waals surface area contributed by atoms with Crippen molar-refractivity contribution in [1.82, 2.24) is 10.2 Å². The summed E-state index contributed by atoms with van der Waals surface area (Å²) in [4.78, 5) is 38.7. The lowest BCUT2D eigenvalue weighted by atomic mass is 9.99. The molecule has 0 saturated carbocycles. The van der Waals surface area contributed by atoms with E-state index in [9.17, 15) is 14.4 Å². The average Bonchev–Trinajstić information content (AvgIpc) is 2.92. The van der Waals surface area contributed by atoms with Gasteiger partial charge in [0.2, 0.25) is 11.8 Å². The summed E-state index contributed by atoms with van der Waals surface area (Å²) in [7, 11) is 3.02. The van der Waals surface area contributed by atoms with Gasteiger partial charge >= 0.3 is 0 Å². The van der Waals surface area contributed by atoms with E-state index >= 15 is 0 Å². The Morgan fingerprint density at radius 1 is 1.15 bits per heavy atom.